The summed E-state index contributed by atoms with van der Waals surface area (Å²) in [4.78, 5) is 81.5. The average Bonchev–Trinajstić information content (AvgIpc) is 3.17. The Kier molecular flexibility index (Phi) is 14.6. The standard InChI is InChI=1S/C35H61N9O11/c1-7-22-14-15-35(53,55-21(22)5)34(6,52)33(51)40-26(27(45)19(2)3)32(50)43-25(13-10-18-39-43)31(49)44(54)20(4)29(47)42-24(12-9-17-38-42)30(48)41-23(28(36)46)11-8-16-37-41/h19-27,37-39,45,52-54H,7-18H2,1-6H3,(H2,36,46)(H,40,51)/t20-,21+,22-,23-,24+,25+,26-,27-,34+,35+/m0/s1. The van der Waals surface area contributed by atoms with Crippen molar-refractivity contribution in [2.24, 2.45) is 17.6 Å². The van der Waals surface area contributed by atoms with Crippen LogP contribution in [0.4, 0.5) is 0 Å². The van der Waals surface area contributed by atoms with Crippen LogP contribution in [0, 0.1) is 11.8 Å². The molecule has 4 fully saturated rings. The number of nitrogens with one attached hydrogen (secondary N) is 4. The monoisotopic (exact) mass is 783 g/mol. The molecule has 0 aromatic heterocycles. The number of aliphatic hydroxyl groups excluding tert-OH is 1. The van der Waals surface area contributed by atoms with Gasteiger partial charge in [-0.05, 0) is 77.6 Å². The molecule has 55 heavy (non-hydrogen) atoms. The maximum absolute atomic E-state index is 14.2. The Bertz CT molecular complexity index is 1440. The van der Waals surface area contributed by atoms with Gasteiger partial charge in [0.2, 0.25) is 11.7 Å². The zero-order chi connectivity index (χ0) is 41.0. The lowest BCUT2D eigenvalue weighted by Gasteiger charge is -2.47. The molecule has 4 aliphatic heterocycles. The van der Waals surface area contributed by atoms with E-state index in [9.17, 15) is 49.3 Å². The summed E-state index contributed by atoms with van der Waals surface area (Å²) >= 11 is 0. The number of hydrazine groups is 3. The first kappa shape index (κ1) is 44.2. The van der Waals surface area contributed by atoms with E-state index in [-0.39, 0.29) is 36.8 Å². The number of hydroxylamine groups is 2. The lowest BCUT2D eigenvalue weighted by molar-refractivity contribution is -0.325. The minimum atomic E-state index is -2.57. The second-order valence-electron chi connectivity index (χ2n) is 15.7. The molecule has 20 heteroatoms. The summed E-state index contributed by atoms with van der Waals surface area (Å²) in [5.74, 6) is -8.19. The Labute approximate surface area is 321 Å². The van der Waals surface area contributed by atoms with Gasteiger partial charge < -0.3 is 31.1 Å². The molecular formula is C35H61N9O11. The molecule has 0 aliphatic carbocycles. The molecule has 0 unspecified atom stereocenters. The number of hydrogen-bond acceptors (Lipinski definition) is 14. The normalized spacial score (nSPS) is 30.5. The predicted molar refractivity (Wildman–Crippen MR) is 193 cm³/mol. The van der Waals surface area contributed by atoms with Crippen molar-refractivity contribution >= 4 is 35.4 Å². The second kappa shape index (κ2) is 18.2. The van der Waals surface area contributed by atoms with Crippen LogP contribution in [0.2, 0.25) is 0 Å². The zero-order valence-electron chi connectivity index (χ0n) is 32.7. The Hall–Kier alpha value is -3.50. The molecule has 0 aromatic carbocycles. The van der Waals surface area contributed by atoms with Gasteiger partial charge in [0, 0.05) is 26.1 Å². The number of carbonyl (C=O) groups excluding carboxylic acids is 6. The molecule has 312 valence electrons. The van der Waals surface area contributed by atoms with Crippen LogP contribution in [0.15, 0.2) is 0 Å². The Balaban J connectivity index is 1.52. The number of nitrogens with zero attached hydrogens (tertiary/aromatic N) is 4. The Morgan fingerprint density at radius 1 is 0.909 bits per heavy atom. The highest BCUT2D eigenvalue weighted by Crippen LogP contribution is 2.39. The molecular weight excluding hydrogens is 722 g/mol. The number of carbonyl (C=O) groups is 6. The topological polar surface area (TPSA) is 280 Å². The maximum Gasteiger partial charge on any atom is 0.271 e. The summed E-state index contributed by atoms with van der Waals surface area (Å²) in [7, 11) is 0. The molecule has 4 rings (SSSR count). The van der Waals surface area contributed by atoms with E-state index in [0.717, 1.165) is 28.4 Å². The minimum absolute atomic E-state index is 0.0218. The number of nitrogens with two attached hydrogens (primary N) is 1. The van der Waals surface area contributed by atoms with Crippen molar-refractivity contribution in [1.82, 2.24) is 41.7 Å². The molecule has 4 saturated heterocycles. The van der Waals surface area contributed by atoms with Gasteiger partial charge in [0.05, 0.1) is 12.2 Å². The van der Waals surface area contributed by atoms with Crippen molar-refractivity contribution in [2.75, 3.05) is 19.6 Å². The number of ether oxygens (including phenoxy) is 1. The molecule has 0 radical (unpaired) electrons. The first-order chi connectivity index (χ1) is 25.8. The van der Waals surface area contributed by atoms with Crippen LogP contribution in [-0.2, 0) is 33.5 Å². The first-order valence-corrected chi connectivity index (χ1v) is 19.4. The van der Waals surface area contributed by atoms with Gasteiger partial charge in [0.25, 0.3) is 29.5 Å². The highest BCUT2D eigenvalue weighted by atomic mass is 16.6. The molecule has 10 atom stereocenters. The van der Waals surface area contributed by atoms with E-state index in [1.54, 1.807) is 20.8 Å². The summed E-state index contributed by atoms with van der Waals surface area (Å²) in [5, 5.41) is 50.8. The number of hydrogen-bond donors (Lipinski definition) is 9. The smallest absolute Gasteiger partial charge is 0.271 e. The first-order valence-electron chi connectivity index (χ1n) is 19.4. The summed E-state index contributed by atoms with van der Waals surface area (Å²) < 4.78 is 5.77. The van der Waals surface area contributed by atoms with E-state index in [1.807, 2.05) is 6.92 Å². The number of amides is 6. The molecule has 4 heterocycles. The lowest BCUT2D eigenvalue weighted by Crippen LogP contribution is -2.70. The van der Waals surface area contributed by atoms with Gasteiger partial charge in [-0.2, -0.15) is 0 Å². The van der Waals surface area contributed by atoms with E-state index in [4.69, 9.17) is 10.5 Å². The van der Waals surface area contributed by atoms with E-state index >= 15 is 0 Å². The number of aliphatic hydroxyl groups is 3. The van der Waals surface area contributed by atoms with Crippen LogP contribution < -0.4 is 27.3 Å². The van der Waals surface area contributed by atoms with Crippen LogP contribution in [0.5, 0.6) is 0 Å². The van der Waals surface area contributed by atoms with Crippen LogP contribution in [0.3, 0.4) is 0 Å². The van der Waals surface area contributed by atoms with Crippen molar-refractivity contribution in [3.63, 3.8) is 0 Å². The van der Waals surface area contributed by atoms with Crippen LogP contribution in [-0.4, -0.2) is 149 Å². The minimum Gasteiger partial charge on any atom is -0.390 e. The van der Waals surface area contributed by atoms with Crippen LogP contribution in [0.25, 0.3) is 0 Å². The fraction of sp³-hybridized carbons (Fsp3) is 0.829. The summed E-state index contributed by atoms with van der Waals surface area (Å²) in [5.41, 5.74) is 11.5. The van der Waals surface area contributed by atoms with Gasteiger partial charge in [0.1, 0.15) is 30.2 Å². The SMILES string of the molecule is CC[C@H]1CC[C@](O)([C@](C)(O)C(=O)N[C@H](C(=O)N2NCCC[C@@H]2C(=O)N(O)[C@@H](C)C(=O)N2NCCC[C@@H]2C(=O)N2NCCC[C@H]2C(N)=O)[C@@H](O)C(C)C)O[C@@H]1C. The van der Waals surface area contributed by atoms with Crippen LogP contribution in [0.1, 0.15) is 99.3 Å². The highest BCUT2D eigenvalue weighted by Gasteiger charge is 2.57. The molecule has 0 aromatic rings. The lowest BCUT2D eigenvalue weighted by atomic mass is 9.81. The largest absolute Gasteiger partial charge is 0.390 e. The fourth-order valence-corrected chi connectivity index (χ4v) is 7.70. The summed E-state index contributed by atoms with van der Waals surface area (Å²) in [6.45, 7) is 10.1. The maximum atomic E-state index is 14.2. The van der Waals surface area contributed by atoms with Crippen molar-refractivity contribution in [3.05, 3.63) is 0 Å². The number of rotatable bonds is 12. The Morgan fingerprint density at radius 3 is 1.96 bits per heavy atom. The van der Waals surface area contributed by atoms with Crippen LogP contribution >= 0.6 is 0 Å². The van der Waals surface area contributed by atoms with Gasteiger partial charge in [-0.1, -0.05) is 27.2 Å². The Morgan fingerprint density at radius 2 is 1.44 bits per heavy atom. The average molecular weight is 784 g/mol. The molecule has 10 N–H and O–H groups in total. The third-order valence-electron chi connectivity index (χ3n) is 11.5. The van der Waals surface area contributed by atoms with Gasteiger partial charge in [-0.15, -0.1) is 0 Å². The number of primary amides is 1. The van der Waals surface area contributed by atoms with Crippen molar-refractivity contribution in [1.29, 1.82) is 0 Å². The van der Waals surface area contributed by atoms with E-state index in [0.29, 0.717) is 45.2 Å². The summed E-state index contributed by atoms with van der Waals surface area (Å²) in [6.07, 6.45) is 1.20. The molecule has 20 nitrogen and oxygen atoms in total. The summed E-state index contributed by atoms with van der Waals surface area (Å²) in [6, 6.07) is -6.74. The van der Waals surface area contributed by atoms with Gasteiger partial charge in [-0.25, -0.2) is 21.3 Å². The quantitative estimate of drug-likeness (QED) is 0.0746. The van der Waals surface area contributed by atoms with Gasteiger partial charge >= 0.3 is 0 Å². The predicted octanol–water partition coefficient (Wildman–Crippen LogP) is -2.27. The third-order valence-corrected chi connectivity index (χ3v) is 11.5. The second-order valence-corrected chi connectivity index (χ2v) is 15.7. The van der Waals surface area contributed by atoms with E-state index in [1.165, 1.54) is 6.92 Å². The van der Waals surface area contributed by atoms with Gasteiger partial charge in [-0.3, -0.25) is 49.0 Å². The fourth-order valence-electron chi connectivity index (χ4n) is 7.70. The molecule has 0 bridgehead atoms. The van der Waals surface area contributed by atoms with Crippen molar-refractivity contribution < 1.29 is 54.0 Å². The zero-order valence-corrected chi connectivity index (χ0v) is 32.7. The van der Waals surface area contributed by atoms with Crippen molar-refractivity contribution in [2.45, 2.75) is 153 Å². The molecule has 0 spiro atoms. The van der Waals surface area contributed by atoms with E-state index < -0.39 is 95.2 Å². The molecule has 4 aliphatic rings. The third kappa shape index (κ3) is 9.22. The van der Waals surface area contributed by atoms with E-state index in [2.05, 4.69) is 21.6 Å². The molecule has 6 amide bonds. The highest BCUT2D eigenvalue weighted by molar-refractivity contribution is 5.96. The molecule has 0 saturated carbocycles. The van der Waals surface area contributed by atoms with Gasteiger partial charge in [0.15, 0.2) is 5.60 Å². The van der Waals surface area contributed by atoms with Crippen molar-refractivity contribution in [3.8, 4) is 0 Å².